The second kappa shape index (κ2) is 3.26. The van der Waals surface area contributed by atoms with Crippen molar-refractivity contribution < 1.29 is 13.0 Å². The molecule has 0 rings (SSSR count). The lowest BCUT2D eigenvalue weighted by Gasteiger charge is -1.95. The predicted octanol–water partition coefficient (Wildman–Crippen LogP) is -0.0341. The van der Waals surface area contributed by atoms with Crippen LogP contribution in [-0.2, 0) is 8.85 Å². The molecule has 0 heterocycles. The molecule has 0 amide bonds. The molecule has 0 aliphatic heterocycles. The average Bonchev–Trinajstić information content (AvgIpc) is 1.65. The number of halogens is 1. The highest BCUT2D eigenvalue weighted by atomic mass is 28.4. The van der Waals surface area contributed by atoms with E-state index in [4.69, 9.17) is 0 Å². The monoisotopic (exact) mass is 110 g/mol. The molecule has 0 aromatic heterocycles. The van der Waals surface area contributed by atoms with Crippen molar-refractivity contribution in [3.63, 3.8) is 0 Å². The third kappa shape index (κ3) is 2.31. The minimum absolute atomic E-state index is 1.29. The highest BCUT2D eigenvalue weighted by Gasteiger charge is 2.02. The third-order valence-corrected chi connectivity index (χ3v) is 1.11. The number of hydrogen-bond acceptors (Lipinski definition) is 2. The zero-order chi connectivity index (χ0) is 4.99. The van der Waals surface area contributed by atoms with Gasteiger partial charge in [0.15, 0.2) is 0 Å². The van der Waals surface area contributed by atoms with E-state index in [-0.39, 0.29) is 0 Å². The first kappa shape index (κ1) is 6.07. The van der Waals surface area contributed by atoms with E-state index in [1.54, 1.807) is 0 Å². The molecule has 0 aliphatic rings. The molecular formula is C2H7FO2Si. The van der Waals surface area contributed by atoms with Crippen LogP contribution in [0.5, 0.6) is 0 Å². The molecule has 2 nitrogen and oxygen atoms in total. The Labute approximate surface area is 37.9 Å². The van der Waals surface area contributed by atoms with E-state index in [0.29, 0.717) is 0 Å². The van der Waals surface area contributed by atoms with E-state index in [1.807, 2.05) is 0 Å². The Morgan fingerprint density at radius 3 is 1.67 bits per heavy atom. The van der Waals surface area contributed by atoms with Gasteiger partial charge in [0.05, 0.1) is 0 Å². The van der Waals surface area contributed by atoms with Crippen molar-refractivity contribution >= 4 is 9.62 Å². The Bertz CT molecular complexity index is 30.7. The molecule has 0 bridgehead atoms. The van der Waals surface area contributed by atoms with Gasteiger partial charge in [-0.15, -0.1) is 0 Å². The SMILES string of the molecule is CO[SiH](F)OC. The maximum Gasteiger partial charge on any atom is 0.523 e. The van der Waals surface area contributed by atoms with Crippen LogP contribution in [-0.4, -0.2) is 23.8 Å². The molecule has 38 valence electrons. The third-order valence-electron chi connectivity index (χ3n) is 0.371. The standard InChI is InChI=1S/C2H7FO2Si/c1-4-6(3)5-2/h6H,1-2H3. The largest absolute Gasteiger partial charge is 0.523 e. The van der Waals surface area contributed by atoms with E-state index in [9.17, 15) is 4.11 Å². The summed E-state index contributed by atoms with van der Waals surface area (Å²) in [5.74, 6) is 0. The van der Waals surface area contributed by atoms with Crippen LogP contribution in [0.15, 0.2) is 0 Å². The van der Waals surface area contributed by atoms with Crippen molar-refractivity contribution in [2.75, 3.05) is 14.2 Å². The summed E-state index contributed by atoms with van der Waals surface area (Å²) in [5, 5.41) is 0. The summed E-state index contributed by atoms with van der Waals surface area (Å²) in [4.78, 5) is 0. The van der Waals surface area contributed by atoms with E-state index in [1.165, 1.54) is 14.2 Å². The van der Waals surface area contributed by atoms with Gasteiger partial charge in [0.2, 0.25) is 0 Å². The Kier molecular flexibility index (Phi) is 3.30. The van der Waals surface area contributed by atoms with Crippen LogP contribution in [0.3, 0.4) is 0 Å². The lowest BCUT2D eigenvalue weighted by atomic mass is 11.8. The van der Waals surface area contributed by atoms with Crippen molar-refractivity contribution in [1.29, 1.82) is 0 Å². The van der Waals surface area contributed by atoms with Crippen molar-refractivity contribution in [2.45, 2.75) is 0 Å². The van der Waals surface area contributed by atoms with Crippen LogP contribution in [0.4, 0.5) is 4.11 Å². The summed E-state index contributed by atoms with van der Waals surface area (Å²) in [6.07, 6.45) is 0. The first-order valence-electron chi connectivity index (χ1n) is 1.51. The minimum atomic E-state index is -2.66. The summed E-state index contributed by atoms with van der Waals surface area (Å²) in [7, 11) is -0.0764. The molecule has 4 heteroatoms. The van der Waals surface area contributed by atoms with Gasteiger partial charge >= 0.3 is 9.62 Å². The van der Waals surface area contributed by atoms with Crippen LogP contribution < -0.4 is 0 Å². The van der Waals surface area contributed by atoms with Gasteiger partial charge in [-0.2, -0.15) is 0 Å². The summed E-state index contributed by atoms with van der Waals surface area (Å²) < 4.78 is 19.9. The second-order valence-electron chi connectivity index (χ2n) is 0.746. The molecule has 0 atom stereocenters. The topological polar surface area (TPSA) is 18.5 Å². The summed E-state index contributed by atoms with van der Waals surface area (Å²) in [6, 6.07) is 0. The molecule has 0 spiro atoms. The van der Waals surface area contributed by atoms with Crippen molar-refractivity contribution in [2.24, 2.45) is 0 Å². The zero-order valence-electron chi connectivity index (χ0n) is 3.77. The molecular weight excluding hydrogens is 103 g/mol. The Balaban J connectivity index is 2.75. The Morgan fingerprint density at radius 1 is 1.33 bits per heavy atom. The average molecular weight is 110 g/mol. The van der Waals surface area contributed by atoms with Gasteiger partial charge < -0.3 is 8.85 Å². The minimum Gasteiger partial charge on any atom is -0.376 e. The first-order chi connectivity index (χ1) is 2.81. The lowest BCUT2D eigenvalue weighted by molar-refractivity contribution is 0.233. The fourth-order valence-corrected chi connectivity index (χ4v) is 0.289. The van der Waals surface area contributed by atoms with E-state index >= 15 is 0 Å². The maximum atomic E-state index is 11.6. The highest BCUT2D eigenvalue weighted by molar-refractivity contribution is 6.35. The van der Waals surface area contributed by atoms with Gasteiger partial charge in [-0.05, 0) is 0 Å². The molecule has 0 fully saturated rings. The first-order valence-corrected chi connectivity index (χ1v) is 2.89. The van der Waals surface area contributed by atoms with Gasteiger partial charge in [0.25, 0.3) is 0 Å². The molecule has 0 aromatic carbocycles. The molecule has 0 saturated carbocycles. The predicted molar refractivity (Wildman–Crippen MR) is 22.3 cm³/mol. The molecule has 0 N–H and O–H groups in total. The number of rotatable bonds is 2. The van der Waals surface area contributed by atoms with Crippen molar-refractivity contribution in [1.82, 2.24) is 0 Å². The van der Waals surface area contributed by atoms with Crippen LogP contribution >= 0.6 is 0 Å². The van der Waals surface area contributed by atoms with E-state index in [0.717, 1.165) is 0 Å². The smallest absolute Gasteiger partial charge is 0.376 e. The van der Waals surface area contributed by atoms with Crippen molar-refractivity contribution in [3.05, 3.63) is 0 Å². The van der Waals surface area contributed by atoms with Gasteiger partial charge in [-0.1, -0.05) is 0 Å². The quantitative estimate of drug-likeness (QED) is 0.367. The van der Waals surface area contributed by atoms with Crippen molar-refractivity contribution in [3.8, 4) is 0 Å². The zero-order valence-corrected chi connectivity index (χ0v) is 4.93. The van der Waals surface area contributed by atoms with Gasteiger partial charge in [0, 0.05) is 14.2 Å². The van der Waals surface area contributed by atoms with E-state index in [2.05, 4.69) is 8.85 Å². The van der Waals surface area contributed by atoms with Crippen LogP contribution in [0.2, 0.25) is 0 Å². The normalized spacial score (nSPS) is 10.0. The molecule has 0 saturated heterocycles. The Morgan fingerprint density at radius 2 is 1.67 bits per heavy atom. The maximum absolute atomic E-state index is 11.6. The van der Waals surface area contributed by atoms with Crippen LogP contribution in [0, 0.1) is 0 Å². The second-order valence-corrected chi connectivity index (χ2v) is 2.24. The lowest BCUT2D eigenvalue weighted by Crippen LogP contribution is -2.10. The molecule has 0 radical (unpaired) electrons. The summed E-state index contributed by atoms with van der Waals surface area (Å²) in [5.41, 5.74) is 0. The van der Waals surface area contributed by atoms with Crippen LogP contribution in [0.1, 0.15) is 0 Å². The highest BCUT2D eigenvalue weighted by Crippen LogP contribution is 1.80. The molecule has 0 aromatic rings. The summed E-state index contributed by atoms with van der Waals surface area (Å²) in [6.45, 7) is 0. The van der Waals surface area contributed by atoms with E-state index < -0.39 is 9.62 Å². The fourth-order valence-electron chi connectivity index (χ4n) is 0.0962. The molecule has 0 unspecified atom stereocenters. The molecule has 6 heavy (non-hydrogen) atoms. The van der Waals surface area contributed by atoms with Gasteiger partial charge in [-0.25, -0.2) is 4.11 Å². The summed E-state index contributed by atoms with van der Waals surface area (Å²) >= 11 is 0. The van der Waals surface area contributed by atoms with Crippen LogP contribution in [0.25, 0.3) is 0 Å². The van der Waals surface area contributed by atoms with Gasteiger partial charge in [-0.3, -0.25) is 0 Å². The number of hydrogen-bond donors (Lipinski definition) is 0. The fraction of sp³-hybridized carbons (Fsp3) is 1.00. The van der Waals surface area contributed by atoms with Gasteiger partial charge in [0.1, 0.15) is 0 Å². The molecule has 0 aliphatic carbocycles. The Hall–Kier alpha value is 0.0669.